The van der Waals surface area contributed by atoms with Crippen LogP contribution in [0.1, 0.15) is 36.5 Å². The van der Waals surface area contributed by atoms with Crippen molar-refractivity contribution in [3.8, 4) is 0 Å². The van der Waals surface area contributed by atoms with E-state index in [2.05, 4.69) is 63.6 Å². The molecule has 1 atom stereocenters. The Kier molecular flexibility index (Phi) is 10.3. The molecule has 0 aliphatic carbocycles. The van der Waals surface area contributed by atoms with Gasteiger partial charge in [0.1, 0.15) is 0 Å². The van der Waals surface area contributed by atoms with Crippen molar-refractivity contribution in [2.24, 2.45) is 11.5 Å². The largest absolute Gasteiger partial charge is 0.404 e. The Morgan fingerprint density at radius 2 is 1.90 bits per heavy atom. The van der Waals surface area contributed by atoms with E-state index in [0.717, 1.165) is 33.5 Å². The average molecular weight is 426 g/mol. The Balaban J connectivity index is 2.95. The van der Waals surface area contributed by atoms with Crippen LogP contribution in [0.3, 0.4) is 0 Å². The fourth-order valence-corrected chi connectivity index (χ4v) is 3.69. The van der Waals surface area contributed by atoms with Gasteiger partial charge in [-0.15, -0.1) is 11.8 Å². The first-order valence-corrected chi connectivity index (χ1v) is 11.2. The second-order valence-corrected chi connectivity index (χ2v) is 8.48. The first-order valence-electron chi connectivity index (χ1n) is 9.95. The number of hydrogen-bond acceptors (Lipinski definition) is 4. The molecular weight excluding hydrogens is 390 g/mol. The third-order valence-corrected chi connectivity index (χ3v) is 5.93. The number of thioether (sulfide) groups is 1. The highest BCUT2D eigenvalue weighted by Gasteiger charge is 2.14. The number of amides is 1. The molecule has 4 nitrogen and oxygen atoms in total. The number of primary amides is 1. The number of nitrogens with two attached hydrogens (primary N) is 2. The topological polar surface area (TPSA) is 72.3 Å². The Morgan fingerprint density at radius 1 is 1.23 bits per heavy atom. The number of hydrogen-bond donors (Lipinski definition) is 2. The highest BCUT2D eigenvalue weighted by molar-refractivity contribution is 7.99. The van der Waals surface area contributed by atoms with Crippen molar-refractivity contribution in [2.75, 3.05) is 12.8 Å². The summed E-state index contributed by atoms with van der Waals surface area (Å²) in [6.45, 7) is 19.6. The van der Waals surface area contributed by atoms with Crippen LogP contribution in [0, 0.1) is 13.8 Å². The van der Waals surface area contributed by atoms with Crippen LogP contribution in [-0.4, -0.2) is 29.0 Å². The van der Waals surface area contributed by atoms with Crippen molar-refractivity contribution in [3.05, 3.63) is 89.8 Å². The molecule has 0 heterocycles. The number of carbonyl (C=O) groups is 1. The van der Waals surface area contributed by atoms with Crippen LogP contribution in [0.25, 0.3) is 5.57 Å². The summed E-state index contributed by atoms with van der Waals surface area (Å²) in [5, 5.41) is 0.220. The van der Waals surface area contributed by atoms with E-state index in [1.807, 2.05) is 18.4 Å². The number of carbonyl (C=O) groups excluding carboxylic acids is 1. The van der Waals surface area contributed by atoms with Crippen molar-refractivity contribution >= 4 is 23.2 Å². The quantitative estimate of drug-likeness (QED) is 0.363. The van der Waals surface area contributed by atoms with Crippen molar-refractivity contribution in [3.63, 3.8) is 0 Å². The van der Waals surface area contributed by atoms with Gasteiger partial charge in [-0.3, -0.25) is 4.79 Å². The lowest BCUT2D eigenvalue weighted by atomic mass is 9.91. The second-order valence-electron chi connectivity index (χ2n) is 7.33. The monoisotopic (exact) mass is 425 g/mol. The van der Waals surface area contributed by atoms with Gasteiger partial charge in [-0.2, -0.15) is 0 Å². The predicted octanol–water partition coefficient (Wildman–Crippen LogP) is 5.06. The minimum absolute atomic E-state index is 0.220. The molecule has 162 valence electrons. The molecular formula is C25H35N3OS. The lowest BCUT2D eigenvalue weighted by Gasteiger charge is -2.30. The van der Waals surface area contributed by atoms with E-state index >= 15 is 0 Å². The molecule has 30 heavy (non-hydrogen) atoms. The fraction of sp³-hybridized carbons (Fsp3) is 0.320. The summed E-state index contributed by atoms with van der Waals surface area (Å²) in [4.78, 5) is 13.2. The molecule has 0 bridgehead atoms. The molecule has 1 aromatic rings. The molecule has 0 aliphatic rings. The summed E-state index contributed by atoms with van der Waals surface area (Å²) in [7, 11) is 0. The number of allylic oxidation sites excluding steroid dienone is 5. The first kappa shape index (κ1) is 25.4. The lowest BCUT2D eigenvalue weighted by Crippen LogP contribution is -2.30. The smallest absolute Gasteiger partial charge is 0.217 e. The SMILES string of the molecule is C=C(/C=C\C(=C)N(CCCC(N)=O)C(C)SC)/C(=C\N)C(=C)c1ccc(C)cc1C. The fourth-order valence-electron chi connectivity index (χ4n) is 3.19. The zero-order chi connectivity index (χ0) is 22.8. The van der Waals surface area contributed by atoms with Crippen molar-refractivity contribution in [2.45, 2.75) is 39.0 Å². The van der Waals surface area contributed by atoms with Gasteiger partial charge >= 0.3 is 0 Å². The molecule has 1 rings (SSSR count). The number of rotatable bonds is 12. The number of nitrogens with zero attached hydrogens (tertiary/aromatic N) is 1. The summed E-state index contributed by atoms with van der Waals surface area (Å²) in [6.07, 6.45) is 8.47. The molecule has 0 saturated carbocycles. The Bertz CT molecular complexity index is 867. The van der Waals surface area contributed by atoms with E-state index in [-0.39, 0.29) is 11.3 Å². The van der Waals surface area contributed by atoms with Gasteiger partial charge < -0.3 is 16.4 Å². The molecule has 1 aromatic carbocycles. The Labute approximate surface area is 186 Å². The molecule has 1 amide bonds. The van der Waals surface area contributed by atoms with Crippen molar-refractivity contribution < 1.29 is 4.79 Å². The molecule has 1 unspecified atom stereocenters. The summed E-state index contributed by atoms with van der Waals surface area (Å²) < 4.78 is 0. The highest BCUT2D eigenvalue weighted by atomic mass is 32.2. The zero-order valence-corrected chi connectivity index (χ0v) is 19.5. The van der Waals surface area contributed by atoms with E-state index in [0.29, 0.717) is 19.4 Å². The maximum absolute atomic E-state index is 11.1. The molecule has 5 heteroatoms. The average Bonchev–Trinajstić information content (AvgIpc) is 2.69. The second kappa shape index (κ2) is 12.1. The Morgan fingerprint density at radius 3 is 2.43 bits per heavy atom. The number of benzene rings is 1. The maximum atomic E-state index is 11.1. The summed E-state index contributed by atoms with van der Waals surface area (Å²) >= 11 is 1.72. The Hall–Kier alpha value is -2.66. The zero-order valence-electron chi connectivity index (χ0n) is 18.7. The first-order chi connectivity index (χ1) is 14.1. The van der Waals surface area contributed by atoms with Gasteiger partial charge in [-0.25, -0.2) is 0 Å². The van der Waals surface area contributed by atoms with Gasteiger partial charge in [0.25, 0.3) is 0 Å². The van der Waals surface area contributed by atoms with E-state index in [1.54, 1.807) is 18.0 Å². The maximum Gasteiger partial charge on any atom is 0.217 e. The van der Waals surface area contributed by atoms with Gasteiger partial charge in [-0.05, 0) is 61.8 Å². The molecule has 0 aromatic heterocycles. The highest BCUT2D eigenvalue weighted by Crippen LogP contribution is 2.29. The van der Waals surface area contributed by atoms with Crippen molar-refractivity contribution in [1.29, 1.82) is 0 Å². The van der Waals surface area contributed by atoms with Gasteiger partial charge in [0, 0.05) is 30.4 Å². The molecule has 0 fully saturated rings. The van der Waals surface area contributed by atoms with E-state index < -0.39 is 0 Å². The van der Waals surface area contributed by atoms with Gasteiger partial charge in [0.05, 0.1) is 5.37 Å². The lowest BCUT2D eigenvalue weighted by molar-refractivity contribution is -0.118. The van der Waals surface area contributed by atoms with Gasteiger partial charge in [-0.1, -0.05) is 49.6 Å². The third kappa shape index (κ3) is 7.30. The van der Waals surface area contributed by atoms with Gasteiger partial charge in [0.15, 0.2) is 0 Å². The molecule has 0 spiro atoms. The molecule has 4 N–H and O–H groups in total. The summed E-state index contributed by atoms with van der Waals surface area (Å²) in [5.74, 6) is -0.288. The number of aryl methyl sites for hydroxylation is 2. The van der Waals surface area contributed by atoms with Crippen LogP contribution in [-0.2, 0) is 4.79 Å². The third-order valence-electron chi connectivity index (χ3n) is 4.99. The van der Waals surface area contributed by atoms with Crippen LogP contribution in [0.15, 0.2) is 73.1 Å². The van der Waals surface area contributed by atoms with E-state index in [1.165, 1.54) is 5.56 Å². The molecule has 0 saturated heterocycles. The van der Waals surface area contributed by atoms with Gasteiger partial charge in [0.2, 0.25) is 5.91 Å². The standard InChI is InChI=1S/C25H35N3OS/c1-17-10-13-23(19(3)15-17)21(5)24(16-26)18(2)11-12-20(4)28(22(6)30-7)14-8-9-25(27)29/h10-13,15-16,22H,2,4-5,8-9,14,26H2,1,3,6-7H3,(H2,27,29)/b12-11-,24-16+. The van der Waals surface area contributed by atoms with Crippen molar-refractivity contribution in [1.82, 2.24) is 4.90 Å². The van der Waals surface area contributed by atoms with Crippen LogP contribution in [0.5, 0.6) is 0 Å². The van der Waals surface area contributed by atoms with E-state index in [4.69, 9.17) is 11.5 Å². The summed E-state index contributed by atoms with van der Waals surface area (Å²) in [5.41, 5.74) is 17.8. The minimum Gasteiger partial charge on any atom is -0.404 e. The molecule has 0 aliphatic heterocycles. The minimum atomic E-state index is -0.288. The van der Waals surface area contributed by atoms with Crippen LogP contribution in [0.4, 0.5) is 0 Å². The normalized spacial score (nSPS) is 12.6. The predicted molar refractivity (Wildman–Crippen MR) is 133 cm³/mol. The summed E-state index contributed by atoms with van der Waals surface area (Å²) in [6, 6.07) is 6.26. The van der Waals surface area contributed by atoms with Crippen LogP contribution >= 0.6 is 11.8 Å². The molecule has 0 radical (unpaired) electrons. The van der Waals surface area contributed by atoms with E-state index in [9.17, 15) is 4.79 Å². The van der Waals surface area contributed by atoms with Crippen LogP contribution in [0.2, 0.25) is 0 Å². The van der Waals surface area contributed by atoms with Crippen LogP contribution < -0.4 is 11.5 Å².